The van der Waals surface area contributed by atoms with Crippen molar-refractivity contribution in [3.63, 3.8) is 0 Å². The van der Waals surface area contributed by atoms with Crippen LogP contribution in [0.5, 0.6) is 0 Å². The predicted molar refractivity (Wildman–Crippen MR) is 248 cm³/mol. The zero-order valence-corrected chi connectivity index (χ0v) is 32.0. The van der Waals surface area contributed by atoms with Crippen molar-refractivity contribution in [1.29, 1.82) is 0 Å². The molecule has 3 nitrogen and oxygen atoms in total. The lowest BCUT2D eigenvalue weighted by atomic mass is 9.90. The molecule has 0 bridgehead atoms. The van der Waals surface area contributed by atoms with Crippen LogP contribution in [0.1, 0.15) is 0 Å². The summed E-state index contributed by atoms with van der Waals surface area (Å²) in [6.07, 6.45) is 3.57. The van der Waals surface area contributed by atoms with E-state index in [1.807, 2.05) is 0 Å². The Hall–Kier alpha value is -7.88. The summed E-state index contributed by atoms with van der Waals surface area (Å²) in [6, 6.07) is 72.9. The number of benzene rings is 10. The highest BCUT2D eigenvalue weighted by Crippen LogP contribution is 2.41. The van der Waals surface area contributed by atoms with Gasteiger partial charge < -0.3 is 4.57 Å². The van der Waals surface area contributed by atoms with Crippen LogP contribution < -0.4 is 0 Å². The minimum absolute atomic E-state index is 0.932. The van der Waals surface area contributed by atoms with Crippen molar-refractivity contribution in [3.05, 3.63) is 213 Å². The SMILES string of the molecule is c1ccc(-n2c3ccccc3c3cc(-c4ccc(-c5cccc(-c6cccc(-c7ccc8c9ccccc9c9nccnc9c8c7)c6)c5)c5ccccc45)ccc32)cc1. The molecule has 0 atom stereocenters. The van der Waals surface area contributed by atoms with Gasteiger partial charge in [0.1, 0.15) is 0 Å². The second kappa shape index (κ2) is 13.4. The van der Waals surface area contributed by atoms with Crippen molar-refractivity contribution in [2.24, 2.45) is 0 Å². The monoisotopic (exact) mass is 749 g/mol. The number of aromatic nitrogens is 3. The van der Waals surface area contributed by atoms with Crippen LogP contribution in [0.2, 0.25) is 0 Å². The number of para-hydroxylation sites is 2. The van der Waals surface area contributed by atoms with Gasteiger partial charge in [-0.2, -0.15) is 0 Å². The van der Waals surface area contributed by atoms with E-state index in [9.17, 15) is 0 Å². The van der Waals surface area contributed by atoms with E-state index >= 15 is 0 Å². The quantitative estimate of drug-likeness (QED) is 0.164. The third-order valence-corrected chi connectivity index (χ3v) is 12.1. The van der Waals surface area contributed by atoms with Gasteiger partial charge in [-0.1, -0.05) is 152 Å². The largest absolute Gasteiger partial charge is 0.309 e. The van der Waals surface area contributed by atoms with Crippen LogP contribution in [0, 0.1) is 0 Å². The maximum Gasteiger partial charge on any atom is 0.0971 e. The summed E-state index contributed by atoms with van der Waals surface area (Å²) in [4.78, 5) is 9.57. The maximum atomic E-state index is 4.81. The zero-order chi connectivity index (χ0) is 38.9. The Morgan fingerprint density at radius 1 is 0.271 bits per heavy atom. The Kier molecular flexibility index (Phi) is 7.54. The Labute approximate surface area is 341 Å². The summed E-state index contributed by atoms with van der Waals surface area (Å²) < 4.78 is 2.37. The predicted octanol–water partition coefficient (Wildman–Crippen LogP) is 14.9. The molecule has 0 saturated heterocycles. The molecule has 12 aromatic rings. The Morgan fingerprint density at radius 2 is 0.746 bits per heavy atom. The molecule has 2 heterocycles. The van der Waals surface area contributed by atoms with E-state index in [0.717, 1.165) is 27.4 Å². The zero-order valence-electron chi connectivity index (χ0n) is 32.0. The molecule has 0 N–H and O–H groups in total. The van der Waals surface area contributed by atoms with Gasteiger partial charge >= 0.3 is 0 Å². The summed E-state index contributed by atoms with van der Waals surface area (Å²) in [5, 5.41) is 9.62. The average Bonchev–Trinajstić information content (AvgIpc) is 3.65. The van der Waals surface area contributed by atoms with E-state index in [1.165, 1.54) is 88.0 Å². The van der Waals surface area contributed by atoms with Gasteiger partial charge in [-0.05, 0) is 115 Å². The Bertz CT molecular complexity index is 3580. The molecule has 10 aromatic carbocycles. The fourth-order valence-corrected chi connectivity index (χ4v) is 9.35. The van der Waals surface area contributed by atoms with E-state index in [1.54, 1.807) is 12.4 Å². The molecule has 12 rings (SSSR count). The molecule has 0 unspecified atom stereocenters. The molecular weight excluding hydrogens is 715 g/mol. The third-order valence-electron chi connectivity index (χ3n) is 12.1. The second-order valence-corrected chi connectivity index (χ2v) is 15.3. The smallest absolute Gasteiger partial charge is 0.0971 e. The van der Waals surface area contributed by atoms with Gasteiger partial charge in [0.2, 0.25) is 0 Å². The van der Waals surface area contributed by atoms with Gasteiger partial charge in [-0.3, -0.25) is 9.97 Å². The molecule has 0 aliphatic carbocycles. The van der Waals surface area contributed by atoms with Crippen molar-refractivity contribution in [3.8, 4) is 50.2 Å². The van der Waals surface area contributed by atoms with Crippen molar-refractivity contribution in [2.45, 2.75) is 0 Å². The minimum Gasteiger partial charge on any atom is -0.309 e. The molecule has 0 saturated carbocycles. The Morgan fingerprint density at radius 3 is 1.46 bits per heavy atom. The summed E-state index contributed by atoms with van der Waals surface area (Å²) >= 11 is 0. The van der Waals surface area contributed by atoms with E-state index in [-0.39, 0.29) is 0 Å². The summed E-state index contributed by atoms with van der Waals surface area (Å²) in [5.74, 6) is 0. The second-order valence-electron chi connectivity index (χ2n) is 15.3. The molecule has 59 heavy (non-hydrogen) atoms. The first-order chi connectivity index (χ1) is 29.3. The number of rotatable bonds is 5. The Balaban J connectivity index is 0.936. The van der Waals surface area contributed by atoms with Gasteiger partial charge in [0, 0.05) is 39.6 Å². The van der Waals surface area contributed by atoms with Crippen LogP contribution >= 0.6 is 0 Å². The average molecular weight is 750 g/mol. The fourth-order valence-electron chi connectivity index (χ4n) is 9.35. The molecule has 274 valence electrons. The number of nitrogens with zero attached hydrogens (tertiary/aromatic N) is 3. The first-order valence-electron chi connectivity index (χ1n) is 20.1. The first kappa shape index (κ1) is 33.3. The molecule has 0 aliphatic rings. The minimum atomic E-state index is 0.932. The van der Waals surface area contributed by atoms with Gasteiger partial charge in [-0.15, -0.1) is 0 Å². The third kappa shape index (κ3) is 5.36. The van der Waals surface area contributed by atoms with E-state index in [4.69, 9.17) is 9.97 Å². The highest BCUT2D eigenvalue weighted by atomic mass is 15.0. The van der Waals surface area contributed by atoms with Crippen LogP contribution in [0.3, 0.4) is 0 Å². The van der Waals surface area contributed by atoms with Crippen LogP contribution in [-0.2, 0) is 0 Å². The highest BCUT2D eigenvalue weighted by molar-refractivity contribution is 6.23. The lowest BCUT2D eigenvalue weighted by molar-refractivity contribution is 1.18. The van der Waals surface area contributed by atoms with Gasteiger partial charge in [0.05, 0.1) is 22.1 Å². The van der Waals surface area contributed by atoms with Gasteiger partial charge in [0.15, 0.2) is 0 Å². The van der Waals surface area contributed by atoms with E-state index < -0.39 is 0 Å². The van der Waals surface area contributed by atoms with Crippen molar-refractivity contribution in [1.82, 2.24) is 14.5 Å². The summed E-state index contributed by atoms with van der Waals surface area (Å²) in [6.45, 7) is 0. The number of fused-ring (bicyclic) bond motifs is 10. The van der Waals surface area contributed by atoms with E-state index in [0.29, 0.717) is 0 Å². The molecule has 0 aliphatic heterocycles. The van der Waals surface area contributed by atoms with Crippen LogP contribution in [-0.4, -0.2) is 14.5 Å². The summed E-state index contributed by atoms with van der Waals surface area (Å²) in [5.41, 5.74) is 15.0. The molecule has 0 radical (unpaired) electrons. The van der Waals surface area contributed by atoms with Crippen LogP contribution in [0.15, 0.2) is 213 Å². The summed E-state index contributed by atoms with van der Waals surface area (Å²) in [7, 11) is 0. The van der Waals surface area contributed by atoms with E-state index in [2.05, 4.69) is 205 Å². The molecule has 0 spiro atoms. The molecule has 0 fully saturated rings. The van der Waals surface area contributed by atoms with Gasteiger partial charge in [-0.25, -0.2) is 0 Å². The maximum absolute atomic E-state index is 4.81. The van der Waals surface area contributed by atoms with Crippen molar-refractivity contribution >= 4 is 65.2 Å². The van der Waals surface area contributed by atoms with Crippen LogP contribution in [0.4, 0.5) is 0 Å². The lowest BCUT2D eigenvalue weighted by Gasteiger charge is -2.14. The molecule has 2 aromatic heterocycles. The first-order valence-corrected chi connectivity index (χ1v) is 20.1. The molecule has 0 amide bonds. The number of hydrogen-bond acceptors (Lipinski definition) is 2. The van der Waals surface area contributed by atoms with Crippen molar-refractivity contribution in [2.75, 3.05) is 0 Å². The van der Waals surface area contributed by atoms with Gasteiger partial charge in [0.25, 0.3) is 0 Å². The topological polar surface area (TPSA) is 30.7 Å². The number of hydrogen-bond donors (Lipinski definition) is 0. The highest BCUT2D eigenvalue weighted by Gasteiger charge is 2.16. The van der Waals surface area contributed by atoms with Crippen molar-refractivity contribution < 1.29 is 0 Å². The lowest BCUT2D eigenvalue weighted by Crippen LogP contribution is -1.93. The standard InChI is InChI=1S/C56H35N3/c1-2-16-42(17-3-1)59-53-23-9-8-21-49(53)51-35-41(25-29-54(51)59)44-28-27-43(45-18-4-5-19-46(44)45)40-15-11-14-38(33-40)36-12-10-13-37(32-36)39-24-26-48-47-20-6-7-22-50(47)55-56(52(48)34-39)58-31-30-57-55/h1-35H. The van der Waals surface area contributed by atoms with Crippen LogP contribution in [0.25, 0.3) is 115 Å². The molecular formula is C56H35N3. The normalized spacial score (nSPS) is 11.7. The molecule has 3 heteroatoms. The fraction of sp³-hybridized carbons (Fsp3) is 0.